The molecule has 0 N–H and O–H groups in total. The van der Waals surface area contributed by atoms with E-state index in [1.165, 1.54) is 34.3 Å². The second-order valence-electron chi connectivity index (χ2n) is 7.77. The molecule has 138 valence electrons. The topological polar surface area (TPSA) is 20.3 Å². The zero-order valence-corrected chi connectivity index (χ0v) is 16.2. The highest BCUT2D eigenvalue weighted by Crippen LogP contribution is 2.38. The number of fused-ring (bicyclic) bond motifs is 1. The highest BCUT2D eigenvalue weighted by molar-refractivity contribution is 5.98. The van der Waals surface area contributed by atoms with Crippen molar-refractivity contribution in [3.05, 3.63) is 94.1 Å². The van der Waals surface area contributed by atoms with E-state index >= 15 is 0 Å². The van der Waals surface area contributed by atoms with Crippen molar-refractivity contribution in [3.63, 3.8) is 0 Å². The molecular weight excluding hydrogens is 330 g/mol. The molecule has 1 aliphatic heterocycles. The number of hydrogen-bond acceptors (Lipinski definition) is 2. The van der Waals surface area contributed by atoms with E-state index in [0.717, 1.165) is 25.0 Å². The van der Waals surface area contributed by atoms with Crippen LogP contribution in [0, 0.1) is 0 Å². The van der Waals surface area contributed by atoms with Gasteiger partial charge < -0.3 is 0 Å². The molecule has 0 radical (unpaired) electrons. The summed E-state index contributed by atoms with van der Waals surface area (Å²) in [6.45, 7) is 5.59. The summed E-state index contributed by atoms with van der Waals surface area (Å²) in [5.74, 6) is 0.272. The lowest BCUT2D eigenvalue weighted by molar-refractivity contribution is -0.117. The fourth-order valence-corrected chi connectivity index (χ4v) is 4.62. The summed E-state index contributed by atoms with van der Waals surface area (Å²) in [6, 6.07) is 21.2. The van der Waals surface area contributed by atoms with E-state index in [1.807, 2.05) is 6.92 Å². The van der Waals surface area contributed by atoms with Gasteiger partial charge in [0, 0.05) is 6.54 Å². The van der Waals surface area contributed by atoms with Crippen molar-refractivity contribution in [2.24, 2.45) is 0 Å². The lowest BCUT2D eigenvalue weighted by Crippen LogP contribution is -2.37. The number of hydrogen-bond donors (Lipinski definition) is 0. The van der Waals surface area contributed by atoms with Gasteiger partial charge in [-0.15, -0.1) is 0 Å². The Bertz CT molecular complexity index is 853. The smallest absolute Gasteiger partial charge is 0.172 e. The van der Waals surface area contributed by atoms with Gasteiger partial charge in [-0.25, -0.2) is 0 Å². The summed E-state index contributed by atoms with van der Waals surface area (Å²) in [5.41, 5.74) is 7.64. The summed E-state index contributed by atoms with van der Waals surface area (Å²) in [5, 5.41) is 0. The van der Waals surface area contributed by atoms with Crippen molar-refractivity contribution in [1.82, 2.24) is 4.90 Å². The quantitative estimate of drug-likeness (QED) is 0.725. The zero-order chi connectivity index (χ0) is 18.8. The summed E-state index contributed by atoms with van der Waals surface area (Å²) in [7, 11) is 0. The van der Waals surface area contributed by atoms with E-state index in [2.05, 4.69) is 72.5 Å². The molecule has 2 aromatic rings. The van der Waals surface area contributed by atoms with Crippen molar-refractivity contribution in [3.8, 4) is 0 Å². The van der Waals surface area contributed by atoms with Crippen molar-refractivity contribution < 1.29 is 4.79 Å². The van der Waals surface area contributed by atoms with Crippen LogP contribution < -0.4 is 0 Å². The standard InChI is InChI=1S/C25H27NO/c1-18-16-26(17-24(27)19(2)23-15-9-14-22(18)23)25(20-10-5-3-6-11-20)21-12-7-4-8-13-21/h3-8,10-13,25H,9,14-17H2,1-2H3/b22-18-,23-19-. The van der Waals surface area contributed by atoms with Crippen LogP contribution in [0.1, 0.15) is 50.3 Å². The van der Waals surface area contributed by atoms with Gasteiger partial charge in [0.1, 0.15) is 0 Å². The predicted octanol–water partition coefficient (Wildman–Crippen LogP) is 5.48. The Labute approximate surface area is 162 Å². The number of allylic oxidation sites excluding steroid dienone is 2. The van der Waals surface area contributed by atoms with Crippen molar-refractivity contribution >= 4 is 5.78 Å². The minimum absolute atomic E-state index is 0.0858. The Morgan fingerprint density at radius 3 is 1.93 bits per heavy atom. The first-order valence-corrected chi connectivity index (χ1v) is 9.91. The van der Waals surface area contributed by atoms with Gasteiger partial charge in [-0.2, -0.15) is 0 Å². The summed E-state index contributed by atoms with van der Waals surface area (Å²) >= 11 is 0. The van der Waals surface area contributed by atoms with Gasteiger partial charge in [0.05, 0.1) is 12.6 Å². The van der Waals surface area contributed by atoms with Gasteiger partial charge in [0.25, 0.3) is 0 Å². The number of nitrogens with zero attached hydrogens (tertiary/aromatic N) is 1. The molecule has 0 atom stereocenters. The van der Waals surface area contributed by atoms with Crippen LogP contribution in [-0.4, -0.2) is 23.8 Å². The first kappa shape index (κ1) is 17.9. The first-order valence-electron chi connectivity index (χ1n) is 9.91. The number of carbonyl (C=O) groups is 1. The predicted molar refractivity (Wildman–Crippen MR) is 111 cm³/mol. The van der Waals surface area contributed by atoms with Crippen LogP contribution in [-0.2, 0) is 4.79 Å². The fourth-order valence-electron chi connectivity index (χ4n) is 4.62. The molecule has 1 heterocycles. The monoisotopic (exact) mass is 357 g/mol. The lowest BCUT2D eigenvalue weighted by Gasteiger charge is -2.34. The number of ketones is 1. The Morgan fingerprint density at radius 2 is 1.33 bits per heavy atom. The minimum Gasteiger partial charge on any atom is -0.293 e. The van der Waals surface area contributed by atoms with E-state index < -0.39 is 0 Å². The molecule has 1 saturated carbocycles. The van der Waals surface area contributed by atoms with Gasteiger partial charge in [-0.05, 0) is 61.0 Å². The molecule has 0 aromatic heterocycles. The minimum atomic E-state index is 0.0858. The molecule has 0 saturated heterocycles. The van der Waals surface area contributed by atoms with Crippen LogP contribution in [0.2, 0.25) is 0 Å². The second-order valence-corrected chi connectivity index (χ2v) is 7.77. The SMILES string of the molecule is C/C1=C2\CCC\C2=C(/C)C(=O)CN(C(c2ccccc2)c2ccccc2)C1. The molecule has 2 nitrogen and oxygen atoms in total. The summed E-state index contributed by atoms with van der Waals surface area (Å²) < 4.78 is 0. The Hall–Kier alpha value is -2.45. The number of carbonyl (C=O) groups excluding carboxylic acids is 1. The van der Waals surface area contributed by atoms with Crippen molar-refractivity contribution in [1.29, 1.82) is 0 Å². The molecule has 4 rings (SSSR count). The van der Waals surface area contributed by atoms with Gasteiger partial charge in [0.15, 0.2) is 5.78 Å². The maximum absolute atomic E-state index is 13.1. The van der Waals surface area contributed by atoms with Gasteiger partial charge in [-0.1, -0.05) is 66.2 Å². The van der Waals surface area contributed by atoms with Crippen LogP contribution in [0.15, 0.2) is 83.0 Å². The highest BCUT2D eigenvalue weighted by Gasteiger charge is 2.30. The number of benzene rings is 2. The third kappa shape index (κ3) is 3.54. The highest BCUT2D eigenvalue weighted by atomic mass is 16.1. The third-order valence-electron chi connectivity index (χ3n) is 5.99. The first-order chi connectivity index (χ1) is 13.1. The molecule has 1 aliphatic carbocycles. The Balaban J connectivity index is 1.79. The molecule has 1 fully saturated rings. The van der Waals surface area contributed by atoms with Gasteiger partial charge in [-0.3, -0.25) is 9.69 Å². The normalized spacial score (nSPS) is 24.0. The molecule has 0 unspecified atom stereocenters. The molecule has 27 heavy (non-hydrogen) atoms. The average Bonchev–Trinajstić information content (AvgIpc) is 3.18. The van der Waals surface area contributed by atoms with Gasteiger partial charge >= 0.3 is 0 Å². The number of rotatable bonds is 3. The maximum Gasteiger partial charge on any atom is 0.172 e. The molecule has 0 bridgehead atoms. The molecule has 2 heteroatoms. The Morgan fingerprint density at radius 1 is 0.778 bits per heavy atom. The van der Waals surface area contributed by atoms with E-state index in [-0.39, 0.29) is 11.8 Å². The molecule has 2 aromatic carbocycles. The van der Waals surface area contributed by atoms with E-state index in [0.29, 0.717) is 6.54 Å². The average molecular weight is 357 g/mol. The second kappa shape index (κ2) is 7.66. The van der Waals surface area contributed by atoms with Crippen molar-refractivity contribution in [2.45, 2.75) is 39.2 Å². The van der Waals surface area contributed by atoms with Gasteiger partial charge in [0.2, 0.25) is 0 Å². The summed E-state index contributed by atoms with van der Waals surface area (Å²) in [4.78, 5) is 15.4. The van der Waals surface area contributed by atoms with Crippen LogP contribution in [0.5, 0.6) is 0 Å². The summed E-state index contributed by atoms with van der Waals surface area (Å²) in [6.07, 6.45) is 3.35. The van der Waals surface area contributed by atoms with E-state index in [9.17, 15) is 4.79 Å². The largest absolute Gasteiger partial charge is 0.293 e. The van der Waals surface area contributed by atoms with Crippen molar-refractivity contribution in [2.75, 3.05) is 13.1 Å². The molecule has 2 aliphatic rings. The van der Waals surface area contributed by atoms with E-state index in [1.54, 1.807) is 0 Å². The van der Waals surface area contributed by atoms with Crippen LogP contribution in [0.4, 0.5) is 0 Å². The number of Topliss-reactive ketones (excluding diaryl/α,β-unsaturated/α-hetero) is 1. The molecule has 0 amide bonds. The van der Waals surface area contributed by atoms with Crippen LogP contribution >= 0.6 is 0 Å². The van der Waals surface area contributed by atoms with Crippen LogP contribution in [0.25, 0.3) is 0 Å². The maximum atomic E-state index is 13.1. The fraction of sp³-hybridized carbons (Fsp3) is 0.320. The Kier molecular flexibility index (Phi) is 5.09. The third-order valence-corrected chi connectivity index (χ3v) is 5.99. The zero-order valence-electron chi connectivity index (χ0n) is 16.2. The lowest BCUT2D eigenvalue weighted by atomic mass is 9.91. The van der Waals surface area contributed by atoms with E-state index in [4.69, 9.17) is 0 Å². The molecule has 0 spiro atoms. The van der Waals surface area contributed by atoms with Crippen LogP contribution in [0.3, 0.4) is 0 Å². The molecular formula is C25H27NO.